The van der Waals surface area contributed by atoms with E-state index in [0.29, 0.717) is 36.2 Å². The van der Waals surface area contributed by atoms with Crippen molar-refractivity contribution < 1.29 is 23.8 Å². The number of amides is 2. The van der Waals surface area contributed by atoms with E-state index in [1.54, 1.807) is 24.3 Å². The van der Waals surface area contributed by atoms with Gasteiger partial charge in [0.25, 0.3) is 5.91 Å². The largest absolute Gasteiger partial charge is 0.496 e. The number of hydrogen-bond acceptors (Lipinski definition) is 8. The zero-order chi connectivity index (χ0) is 28.4. The number of carbonyl (C=O) groups excluding carboxylic acids is 2. The van der Waals surface area contributed by atoms with Crippen molar-refractivity contribution in [1.82, 2.24) is 29.3 Å². The van der Waals surface area contributed by atoms with Gasteiger partial charge in [0, 0.05) is 19.6 Å². The molecule has 3 heterocycles. The van der Waals surface area contributed by atoms with E-state index in [2.05, 4.69) is 15.3 Å². The maximum atomic E-state index is 13.8. The Balaban J connectivity index is 1.43. The number of imidazole rings is 1. The first-order chi connectivity index (χ1) is 19.3. The minimum Gasteiger partial charge on any atom is -0.496 e. The molecule has 0 radical (unpaired) electrons. The van der Waals surface area contributed by atoms with E-state index in [1.807, 2.05) is 0 Å². The number of fused-ring (bicyclic) bond motifs is 1. The Labute approximate surface area is 227 Å². The monoisotopic (exact) mass is 549 g/mol. The van der Waals surface area contributed by atoms with Crippen LogP contribution in [0.1, 0.15) is 34.8 Å². The summed E-state index contributed by atoms with van der Waals surface area (Å²) in [6, 6.07) is 10.3. The molecular formula is C27H28FN7O5. The molecule has 13 heteroatoms. The Bertz CT molecular complexity index is 1630. The number of methoxy groups -OCH3 is 1. The van der Waals surface area contributed by atoms with Crippen LogP contribution in [0.4, 0.5) is 10.2 Å². The first-order valence-electron chi connectivity index (χ1n) is 12.7. The molecule has 0 aliphatic carbocycles. The molecule has 1 saturated heterocycles. The van der Waals surface area contributed by atoms with E-state index >= 15 is 0 Å². The number of likely N-dealkylation sites (tertiary alicyclic amines) is 1. The quantitative estimate of drug-likeness (QED) is 0.312. The lowest BCUT2D eigenvalue weighted by Crippen LogP contribution is -2.44. The van der Waals surface area contributed by atoms with Gasteiger partial charge in [0.15, 0.2) is 11.5 Å². The Hall–Kier alpha value is -4.78. The van der Waals surface area contributed by atoms with Gasteiger partial charge in [-0.05, 0) is 48.7 Å². The van der Waals surface area contributed by atoms with Crippen LogP contribution in [0.3, 0.4) is 0 Å². The number of ether oxygens (including phenoxy) is 1. The number of carbonyl (C=O) groups is 2. The van der Waals surface area contributed by atoms with E-state index in [9.17, 15) is 23.9 Å². The van der Waals surface area contributed by atoms with E-state index < -0.39 is 24.2 Å². The third-order valence-corrected chi connectivity index (χ3v) is 6.98. The molecule has 5 rings (SSSR count). The van der Waals surface area contributed by atoms with Gasteiger partial charge < -0.3 is 25.8 Å². The zero-order valence-corrected chi connectivity index (χ0v) is 21.7. The van der Waals surface area contributed by atoms with Crippen LogP contribution in [0, 0.1) is 5.82 Å². The molecule has 12 nitrogen and oxygen atoms in total. The van der Waals surface area contributed by atoms with Crippen LogP contribution < -0.4 is 21.5 Å². The second-order valence-corrected chi connectivity index (χ2v) is 9.41. The van der Waals surface area contributed by atoms with E-state index in [0.717, 1.165) is 11.6 Å². The lowest BCUT2D eigenvalue weighted by molar-refractivity contribution is -0.135. The second kappa shape index (κ2) is 11.1. The molecule has 2 aromatic carbocycles. The summed E-state index contributed by atoms with van der Waals surface area (Å²) in [5.74, 6) is -1.06. The number of anilines is 1. The highest BCUT2D eigenvalue weighted by Gasteiger charge is 2.29. The molecule has 2 aromatic heterocycles. The predicted octanol–water partition coefficient (Wildman–Crippen LogP) is 1.40. The van der Waals surface area contributed by atoms with Crippen molar-refractivity contribution in [2.24, 2.45) is 0 Å². The lowest BCUT2D eigenvalue weighted by atomic mass is 10.1. The molecule has 40 heavy (non-hydrogen) atoms. The van der Waals surface area contributed by atoms with Crippen molar-refractivity contribution in [3.63, 3.8) is 0 Å². The Kier molecular flexibility index (Phi) is 7.47. The molecule has 1 aliphatic rings. The van der Waals surface area contributed by atoms with Crippen LogP contribution in [0.15, 0.2) is 53.6 Å². The number of nitrogens with two attached hydrogens (primary N) is 1. The first-order valence-corrected chi connectivity index (χ1v) is 12.7. The van der Waals surface area contributed by atoms with E-state index in [1.165, 1.54) is 39.6 Å². The van der Waals surface area contributed by atoms with Gasteiger partial charge in [-0.15, -0.1) is 0 Å². The SMILES string of the molecule is COc1ccc(F)cc1C(=O)NCc1ccc(-n2c(=O)n(C3CCCN(C(=O)CO)C3)c3ncnc(N)c32)cc1. The highest BCUT2D eigenvalue weighted by molar-refractivity contribution is 5.96. The summed E-state index contributed by atoms with van der Waals surface area (Å²) in [6.45, 7) is 0.319. The molecule has 0 spiro atoms. The number of piperidine rings is 1. The van der Waals surface area contributed by atoms with Crippen molar-refractivity contribution in [3.05, 3.63) is 76.2 Å². The molecular weight excluding hydrogens is 521 g/mol. The summed E-state index contributed by atoms with van der Waals surface area (Å²) in [6.07, 6.45) is 2.60. The van der Waals surface area contributed by atoms with Crippen LogP contribution in [-0.4, -0.2) is 67.7 Å². The van der Waals surface area contributed by atoms with Crippen LogP contribution in [0.2, 0.25) is 0 Å². The lowest BCUT2D eigenvalue weighted by Gasteiger charge is -2.32. The number of nitrogens with one attached hydrogen (secondary N) is 1. The smallest absolute Gasteiger partial charge is 0.335 e. The van der Waals surface area contributed by atoms with Gasteiger partial charge in [0.2, 0.25) is 5.91 Å². The van der Waals surface area contributed by atoms with Crippen LogP contribution in [0.25, 0.3) is 16.9 Å². The number of nitrogen functional groups attached to an aromatic ring is 1. The topological polar surface area (TPSA) is 158 Å². The summed E-state index contributed by atoms with van der Waals surface area (Å²) in [4.78, 5) is 48.5. The van der Waals surface area contributed by atoms with E-state index in [4.69, 9.17) is 10.5 Å². The van der Waals surface area contributed by atoms with Crippen molar-refractivity contribution >= 4 is 28.8 Å². The molecule has 2 amide bonds. The molecule has 208 valence electrons. The number of nitrogens with zero attached hydrogens (tertiary/aromatic N) is 5. The highest BCUT2D eigenvalue weighted by Crippen LogP contribution is 2.27. The molecule has 0 bridgehead atoms. The van der Waals surface area contributed by atoms with Crippen LogP contribution >= 0.6 is 0 Å². The average Bonchev–Trinajstić information content (AvgIpc) is 3.28. The molecule has 4 aromatic rings. The second-order valence-electron chi connectivity index (χ2n) is 9.41. The van der Waals surface area contributed by atoms with Crippen molar-refractivity contribution in [2.75, 3.05) is 32.5 Å². The summed E-state index contributed by atoms with van der Waals surface area (Å²) in [7, 11) is 1.40. The number of aliphatic hydroxyl groups is 1. The van der Waals surface area contributed by atoms with E-state index in [-0.39, 0.29) is 42.0 Å². The fraction of sp³-hybridized carbons (Fsp3) is 0.296. The molecule has 1 unspecified atom stereocenters. The number of aromatic nitrogens is 4. The van der Waals surface area contributed by atoms with Crippen LogP contribution in [0.5, 0.6) is 5.75 Å². The number of aliphatic hydroxyl groups excluding tert-OH is 1. The summed E-state index contributed by atoms with van der Waals surface area (Å²) in [5, 5.41) is 12.0. The van der Waals surface area contributed by atoms with Gasteiger partial charge in [0.1, 0.15) is 30.0 Å². The molecule has 4 N–H and O–H groups in total. The van der Waals surface area contributed by atoms with Crippen molar-refractivity contribution in [1.29, 1.82) is 0 Å². The molecule has 0 saturated carbocycles. The maximum absolute atomic E-state index is 13.8. The number of benzene rings is 2. The minimum atomic E-state index is -0.596. The van der Waals surface area contributed by atoms with Crippen molar-refractivity contribution in [2.45, 2.75) is 25.4 Å². The standard InChI is InChI=1S/C27H28FN7O5/c1-40-21-9-6-17(28)11-20(21)26(38)30-12-16-4-7-18(8-5-16)34-23-24(29)31-15-32-25(23)35(27(34)39)19-3-2-10-33(13-19)22(37)14-36/h4-9,11,15,19,36H,2-3,10,12-14H2,1H3,(H,30,38)(H2,29,31,32). The van der Waals surface area contributed by atoms with Gasteiger partial charge >= 0.3 is 5.69 Å². The van der Waals surface area contributed by atoms with Crippen molar-refractivity contribution in [3.8, 4) is 11.4 Å². The minimum absolute atomic E-state index is 0.0796. The Morgan fingerprint density at radius 2 is 1.98 bits per heavy atom. The number of hydrogen-bond donors (Lipinski definition) is 3. The van der Waals surface area contributed by atoms with Gasteiger partial charge in [0.05, 0.1) is 24.4 Å². The maximum Gasteiger partial charge on any atom is 0.335 e. The normalized spacial score (nSPS) is 15.3. The molecule has 1 aliphatic heterocycles. The fourth-order valence-electron chi connectivity index (χ4n) is 5.03. The number of rotatable bonds is 7. The van der Waals surface area contributed by atoms with Gasteiger partial charge in [-0.3, -0.25) is 18.7 Å². The summed E-state index contributed by atoms with van der Waals surface area (Å²) >= 11 is 0. The average molecular weight is 550 g/mol. The molecule has 1 atom stereocenters. The van der Waals surface area contributed by atoms with Crippen LogP contribution in [-0.2, 0) is 11.3 Å². The molecule has 1 fully saturated rings. The third-order valence-electron chi connectivity index (χ3n) is 6.98. The Morgan fingerprint density at radius 3 is 2.70 bits per heavy atom. The fourth-order valence-corrected chi connectivity index (χ4v) is 5.03. The predicted molar refractivity (Wildman–Crippen MR) is 144 cm³/mol. The van der Waals surface area contributed by atoms with Gasteiger partial charge in [-0.1, -0.05) is 12.1 Å². The summed E-state index contributed by atoms with van der Waals surface area (Å²) < 4.78 is 21.8. The zero-order valence-electron chi connectivity index (χ0n) is 21.7. The number of halogens is 1. The van der Waals surface area contributed by atoms with Gasteiger partial charge in [-0.25, -0.2) is 19.2 Å². The first kappa shape index (κ1) is 26.8. The summed E-state index contributed by atoms with van der Waals surface area (Å²) in [5.41, 5.74) is 7.83. The van der Waals surface area contributed by atoms with Gasteiger partial charge in [-0.2, -0.15) is 0 Å². The highest BCUT2D eigenvalue weighted by atomic mass is 19.1. The third kappa shape index (κ3) is 4.98. The Morgan fingerprint density at radius 1 is 1.20 bits per heavy atom.